The van der Waals surface area contributed by atoms with E-state index in [1.807, 2.05) is 47.4 Å². The predicted molar refractivity (Wildman–Crippen MR) is 91.6 cm³/mol. The summed E-state index contributed by atoms with van der Waals surface area (Å²) in [5.41, 5.74) is 0.358. The van der Waals surface area contributed by atoms with E-state index in [4.69, 9.17) is 0 Å². The van der Waals surface area contributed by atoms with E-state index in [0.29, 0.717) is 13.0 Å². The number of aromatic nitrogens is 2. The average Bonchev–Trinajstić information content (AvgIpc) is 2.95. The van der Waals surface area contributed by atoms with Crippen molar-refractivity contribution >= 4 is 22.6 Å². The summed E-state index contributed by atoms with van der Waals surface area (Å²) in [6.07, 6.45) is 5.51. The van der Waals surface area contributed by atoms with Crippen LogP contribution >= 0.6 is 22.6 Å². The normalized spacial score (nSPS) is 13.6. The molecule has 2 aromatic rings. The van der Waals surface area contributed by atoms with Crippen LogP contribution in [-0.2, 0) is 12.1 Å². The molecule has 0 aliphatic heterocycles. The molecule has 110 valence electrons. The Kier molecular flexibility index (Phi) is 5.76. The van der Waals surface area contributed by atoms with Crippen molar-refractivity contribution in [3.8, 4) is 6.07 Å². The van der Waals surface area contributed by atoms with E-state index in [0.717, 1.165) is 22.1 Å². The molecule has 0 saturated carbocycles. The fourth-order valence-electron chi connectivity index (χ4n) is 2.30. The largest absolute Gasteiger partial charge is 0.296 e. The molecule has 0 spiro atoms. The van der Waals surface area contributed by atoms with Gasteiger partial charge in [-0.25, -0.2) is 0 Å². The number of hydrogen-bond acceptors (Lipinski definition) is 3. The van der Waals surface area contributed by atoms with Gasteiger partial charge in [-0.05, 0) is 41.1 Å². The fourth-order valence-corrected chi connectivity index (χ4v) is 2.74. The van der Waals surface area contributed by atoms with Gasteiger partial charge in [-0.2, -0.15) is 10.4 Å². The Morgan fingerprint density at radius 2 is 2.14 bits per heavy atom. The van der Waals surface area contributed by atoms with E-state index in [2.05, 4.69) is 46.0 Å². The highest BCUT2D eigenvalue weighted by molar-refractivity contribution is 14.1. The van der Waals surface area contributed by atoms with Gasteiger partial charge >= 0.3 is 0 Å². The Morgan fingerprint density at radius 1 is 1.38 bits per heavy atom. The van der Waals surface area contributed by atoms with Gasteiger partial charge in [0.1, 0.15) is 5.54 Å². The number of nitrogens with one attached hydrogen (secondary N) is 1. The third-order valence-corrected chi connectivity index (χ3v) is 4.01. The van der Waals surface area contributed by atoms with Gasteiger partial charge in [0.2, 0.25) is 0 Å². The van der Waals surface area contributed by atoms with E-state index < -0.39 is 5.54 Å². The molecule has 1 aromatic carbocycles. The SMILES string of the molecule is CCCNC(C#N)(CCn1cc(I)cn1)c1ccccc1. The van der Waals surface area contributed by atoms with E-state index in [-0.39, 0.29) is 0 Å². The van der Waals surface area contributed by atoms with Crippen molar-refractivity contribution in [1.29, 1.82) is 5.26 Å². The van der Waals surface area contributed by atoms with Gasteiger partial charge in [0, 0.05) is 19.2 Å². The fraction of sp³-hybridized carbons (Fsp3) is 0.375. The molecule has 1 unspecified atom stereocenters. The number of halogens is 1. The molecule has 0 aliphatic carbocycles. The first-order chi connectivity index (χ1) is 10.2. The lowest BCUT2D eigenvalue weighted by Crippen LogP contribution is -2.42. The van der Waals surface area contributed by atoms with Crippen LogP contribution in [0, 0.1) is 14.9 Å². The molecular weight excluding hydrogens is 375 g/mol. The van der Waals surface area contributed by atoms with Crippen LogP contribution in [0.2, 0.25) is 0 Å². The molecule has 2 rings (SSSR count). The van der Waals surface area contributed by atoms with Crippen molar-refractivity contribution in [2.45, 2.75) is 31.8 Å². The maximum atomic E-state index is 9.80. The van der Waals surface area contributed by atoms with E-state index >= 15 is 0 Å². The smallest absolute Gasteiger partial charge is 0.134 e. The van der Waals surface area contributed by atoms with Crippen LogP contribution in [0.25, 0.3) is 0 Å². The maximum Gasteiger partial charge on any atom is 0.134 e. The van der Waals surface area contributed by atoms with Crippen LogP contribution in [0.15, 0.2) is 42.7 Å². The highest BCUT2D eigenvalue weighted by Crippen LogP contribution is 2.25. The lowest BCUT2D eigenvalue weighted by molar-refractivity contribution is 0.364. The van der Waals surface area contributed by atoms with Gasteiger partial charge in [-0.3, -0.25) is 10.00 Å². The van der Waals surface area contributed by atoms with E-state index in [1.54, 1.807) is 0 Å². The van der Waals surface area contributed by atoms with Crippen LogP contribution in [0.1, 0.15) is 25.3 Å². The second-order valence-electron chi connectivity index (χ2n) is 4.98. The molecule has 1 heterocycles. The van der Waals surface area contributed by atoms with Gasteiger partial charge in [0.05, 0.1) is 15.8 Å². The summed E-state index contributed by atoms with van der Waals surface area (Å²) in [6, 6.07) is 12.4. The molecule has 0 amide bonds. The third-order valence-electron chi connectivity index (χ3n) is 3.45. The van der Waals surface area contributed by atoms with Crippen LogP contribution in [0.5, 0.6) is 0 Å². The molecule has 5 heteroatoms. The quantitative estimate of drug-likeness (QED) is 0.734. The number of nitrogens with zero attached hydrogens (tertiary/aromatic N) is 3. The van der Waals surface area contributed by atoms with Gasteiger partial charge in [0.25, 0.3) is 0 Å². The Balaban J connectivity index is 2.20. The summed E-state index contributed by atoms with van der Waals surface area (Å²) in [5, 5.41) is 17.5. The Hall–Kier alpha value is -1.39. The number of aryl methyl sites for hydroxylation is 1. The van der Waals surface area contributed by atoms with Crippen molar-refractivity contribution < 1.29 is 0 Å². The molecule has 1 N–H and O–H groups in total. The van der Waals surface area contributed by atoms with Crippen molar-refractivity contribution in [2.24, 2.45) is 0 Å². The third kappa shape index (κ3) is 4.05. The monoisotopic (exact) mass is 394 g/mol. The Bertz CT molecular complexity index is 602. The number of rotatable bonds is 7. The summed E-state index contributed by atoms with van der Waals surface area (Å²) in [7, 11) is 0. The minimum atomic E-state index is -0.658. The molecular formula is C16H19IN4. The first-order valence-corrected chi connectivity index (χ1v) is 8.18. The van der Waals surface area contributed by atoms with Crippen LogP contribution < -0.4 is 5.32 Å². The van der Waals surface area contributed by atoms with Crippen molar-refractivity contribution in [3.63, 3.8) is 0 Å². The van der Waals surface area contributed by atoms with Crippen molar-refractivity contribution in [2.75, 3.05) is 6.54 Å². The van der Waals surface area contributed by atoms with Gasteiger partial charge in [-0.15, -0.1) is 0 Å². The Labute approximate surface area is 139 Å². The average molecular weight is 394 g/mol. The Morgan fingerprint density at radius 3 is 2.71 bits per heavy atom. The number of benzene rings is 1. The number of hydrogen-bond donors (Lipinski definition) is 1. The van der Waals surface area contributed by atoms with Crippen molar-refractivity contribution in [1.82, 2.24) is 15.1 Å². The highest BCUT2D eigenvalue weighted by Gasteiger charge is 2.31. The zero-order valence-electron chi connectivity index (χ0n) is 12.1. The standard InChI is InChI=1S/C16H19IN4/c1-2-9-19-16(13-18,14-6-4-3-5-7-14)8-10-21-12-15(17)11-20-21/h3-7,11-12,19H,2,8-10H2,1H3. The molecule has 0 bridgehead atoms. The van der Waals surface area contributed by atoms with Crippen molar-refractivity contribution in [3.05, 3.63) is 51.9 Å². The predicted octanol–water partition coefficient (Wildman–Crippen LogP) is 3.30. The van der Waals surface area contributed by atoms with Gasteiger partial charge < -0.3 is 0 Å². The minimum absolute atomic E-state index is 0.658. The van der Waals surface area contributed by atoms with E-state index in [1.165, 1.54) is 0 Å². The zero-order valence-corrected chi connectivity index (χ0v) is 14.2. The molecule has 1 aromatic heterocycles. The molecule has 21 heavy (non-hydrogen) atoms. The first kappa shape index (κ1) is 16.0. The minimum Gasteiger partial charge on any atom is -0.296 e. The molecule has 0 radical (unpaired) electrons. The first-order valence-electron chi connectivity index (χ1n) is 7.10. The maximum absolute atomic E-state index is 9.80. The summed E-state index contributed by atoms with van der Waals surface area (Å²) in [6.45, 7) is 3.64. The van der Waals surface area contributed by atoms with Crippen LogP contribution in [0.4, 0.5) is 0 Å². The second kappa shape index (κ2) is 7.57. The number of nitriles is 1. The second-order valence-corrected chi connectivity index (χ2v) is 6.23. The lowest BCUT2D eigenvalue weighted by atomic mass is 9.87. The van der Waals surface area contributed by atoms with Crippen LogP contribution in [-0.4, -0.2) is 16.3 Å². The van der Waals surface area contributed by atoms with Crippen LogP contribution in [0.3, 0.4) is 0 Å². The molecule has 0 aliphatic rings. The highest BCUT2D eigenvalue weighted by atomic mass is 127. The lowest BCUT2D eigenvalue weighted by Gasteiger charge is -2.28. The van der Waals surface area contributed by atoms with Gasteiger partial charge in [0.15, 0.2) is 0 Å². The molecule has 4 nitrogen and oxygen atoms in total. The van der Waals surface area contributed by atoms with E-state index in [9.17, 15) is 5.26 Å². The molecule has 1 atom stereocenters. The summed E-state index contributed by atoms with van der Waals surface area (Å²) < 4.78 is 3.00. The molecule has 0 fully saturated rings. The topological polar surface area (TPSA) is 53.6 Å². The van der Waals surface area contributed by atoms with Gasteiger partial charge in [-0.1, -0.05) is 37.3 Å². The zero-order chi connectivity index (χ0) is 15.1. The summed E-state index contributed by atoms with van der Waals surface area (Å²) >= 11 is 2.24. The summed E-state index contributed by atoms with van der Waals surface area (Å²) in [4.78, 5) is 0. The molecule has 0 saturated heterocycles. The summed E-state index contributed by atoms with van der Waals surface area (Å²) in [5.74, 6) is 0.